The third-order valence-electron chi connectivity index (χ3n) is 4.66. The molecule has 1 fully saturated rings. The van der Waals surface area contributed by atoms with Crippen LogP contribution in [0.2, 0.25) is 0 Å². The van der Waals surface area contributed by atoms with Crippen LogP contribution in [0.4, 0.5) is 0 Å². The summed E-state index contributed by atoms with van der Waals surface area (Å²) >= 11 is 0. The second kappa shape index (κ2) is 8.48. The van der Waals surface area contributed by atoms with Gasteiger partial charge < -0.3 is 15.2 Å². The smallest absolute Gasteiger partial charge is 0.248 e. The van der Waals surface area contributed by atoms with Gasteiger partial charge in [0.15, 0.2) is 5.76 Å². The van der Waals surface area contributed by atoms with Crippen molar-refractivity contribution >= 4 is 28.3 Å². The molecule has 2 atom stereocenters. The number of rotatable bonds is 5. The van der Waals surface area contributed by atoms with Gasteiger partial charge in [0.25, 0.3) is 0 Å². The molecule has 1 aliphatic heterocycles. The molecule has 144 valence electrons. The van der Waals surface area contributed by atoms with Crippen molar-refractivity contribution in [2.45, 2.75) is 45.1 Å². The highest BCUT2D eigenvalue weighted by molar-refractivity contribution is 7.89. The Morgan fingerprint density at radius 1 is 1.28 bits per heavy atom. The van der Waals surface area contributed by atoms with Gasteiger partial charge in [0.1, 0.15) is 10.6 Å². The third-order valence-corrected chi connectivity index (χ3v) is 6.80. The second-order valence-electron chi connectivity index (χ2n) is 6.29. The van der Waals surface area contributed by atoms with E-state index in [0.29, 0.717) is 18.8 Å². The normalized spacial score (nSPS) is 18.5. The first-order valence-electron chi connectivity index (χ1n) is 8.17. The van der Waals surface area contributed by atoms with E-state index in [9.17, 15) is 13.2 Å². The van der Waals surface area contributed by atoms with Crippen LogP contribution >= 0.6 is 12.4 Å². The first-order chi connectivity index (χ1) is 11.2. The van der Waals surface area contributed by atoms with Gasteiger partial charge >= 0.3 is 0 Å². The topological polar surface area (TPSA) is 110 Å². The minimum Gasteiger partial charge on any atom is -0.360 e. The molecule has 0 bridgehead atoms. The molecule has 2 N–H and O–H groups in total. The first-order valence-corrected chi connectivity index (χ1v) is 9.61. The summed E-state index contributed by atoms with van der Waals surface area (Å²) in [5.41, 5.74) is 6.35. The lowest BCUT2D eigenvalue weighted by molar-refractivity contribution is -0.134. The molecule has 1 amide bonds. The van der Waals surface area contributed by atoms with E-state index in [1.165, 1.54) is 4.31 Å². The predicted molar refractivity (Wildman–Crippen MR) is 96.0 cm³/mol. The van der Waals surface area contributed by atoms with E-state index < -0.39 is 16.1 Å². The van der Waals surface area contributed by atoms with Gasteiger partial charge in [0.05, 0.1) is 6.04 Å². The zero-order valence-corrected chi connectivity index (χ0v) is 16.7. The van der Waals surface area contributed by atoms with Crippen LogP contribution in [0, 0.1) is 19.8 Å². The van der Waals surface area contributed by atoms with Gasteiger partial charge in [0, 0.05) is 26.2 Å². The minimum atomic E-state index is -3.66. The van der Waals surface area contributed by atoms with Gasteiger partial charge in [-0.2, -0.15) is 4.31 Å². The first kappa shape index (κ1) is 21.9. The average Bonchev–Trinajstić information content (AvgIpc) is 2.92. The number of hydrogen-bond donors (Lipinski definition) is 1. The second-order valence-corrected chi connectivity index (χ2v) is 8.17. The molecular formula is C15H27ClN4O4S. The molecule has 1 aliphatic rings. The van der Waals surface area contributed by atoms with E-state index in [0.717, 1.165) is 6.42 Å². The van der Waals surface area contributed by atoms with E-state index in [2.05, 4.69) is 5.16 Å². The van der Waals surface area contributed by atoms with Crippen molar-refractivity contribution in [2.75, 3.05) is 26.2 Å². The molecule has 0 saturated carbocycles. The molecule has 1 aromatic heterocycles. The molecule has 8 nitrogen and oxygen atoms in total. The lowest BCUT2D eigenvalue weighted by atomic mass is 9.99. The predicted octanol–water partition coefficient (Wildman–Crippen LogP) is 0.920. The van der Waals surface area contributed by atoms with Gasteiger partial charge in [0.2, 0.25) is 15.9 Å². The lowest BCUT2D eigenvalue weighted by Crippen LogP contribution is -2.55. The van der Waals surface area contributed by atoms with Crippen LogP contribution in [0.25, 0.3) is 0 Å². The Labute approximate surface area is 155 Å². The number of halogens is 1. The van der Waals surface area contributed by atoms with Crippen molar-refractivity contribution in [1.82, 2.24) is 14.4 Å². The number of hydrogen-bond acceptors (Lipinski definition) is 6. The van der Waals surface area contributed by atoms with E-state index in [1.54, 1.807) is 18.7 Å². The monoisotopic (exact) mass is 394 g/mol. The van der Waals surface area contributed by atoms with Gasteiger partial charge in [-0.25, -0.2) is 8.42 Å². The van der Waals surface area contributed by atoms with Crippen LogP contribution in [0.1, 0.15) is 31.7 Å². The number of sulfonamides is 1. The molecule has 10 heteroatoms. The van der Waals surface area contributed by atoms with Crippen molar-refractivity contribution in [2.24, 2.45) is 11.7 Å². The fourth-order valence-corrected chi connectivity index (χ4v) is 4.54. The Hall–Kier alpha value is -1.16. The zero-order valence-electron chi connectivity index (χ0n) is 15.1. The Morgan fingerprint density at radius 2 is 1.84 bits per heavy atom. The Bertz CT molecular complexity index is 679. The zero-order chi connectivity index (χ0) is 18.1. The number of nitrogens with two attached hydrogens (primary N) is 1. The van der Waals surface area contributed by atoms with Crippen LogP contribution in [0.3, 0.4) is 0 Å². The Morgan fingerprint density at radius 3 is 2.28 bits per heavy atom. The summed E-state index contributed by atoms with van der Waals surface area (Å²) in [5, 5.41) is 3.71. The van der Waals surface area contributed by atoms with Crippen LogP contribution in [-0.2, 0) is 14.8 Å². The van der Waals surface area contributed by atoms with Gasteiger partial charge in [-0.05, 0) is 19.8 Å². The van der Waals surface area contributed by atoms with Crippen LogP contribution < -0.4 is 5.73 Å². The minimum absolute atomic E-state index is 0. The van der Waals surface area contributed by atoms with E-state index in [4.69, 9.17) is 10.3 Å². The molecule has 0 aromatic carbocycles. The van der Waals surface area contributed by atoms with Crippen LogP contribution in [0.5, 0.6) is 0 Å². The van der Waals surface area contributed by atoms with Crippen molar-refractivity contribution in [3.8, 4) is 0 Å². The Balaban J connectivity index is 0.00000312. The number of aryl methyl sites for hydroxylation is 2. The fraction of sp³-hybridized carbons (Fsp3) is 0.733. The average molecular weight is 395 g/mol. The van der Waals surface area contributed by atoms with E-state index in [1.807, 2.05) is 13.8 Å². The van der Waals surface area contributed by atoms with Crippen molar-refractivity contribution in [3.05, 3.63) is 11.5 Å². The SMILES string of the molecule is CCC(C)C(N)C(=O)N1CCN(S(=O)(=O)c2c(C)noc2C)CC1.Cl. The summed E-state index contributed by atoms with van der Waals surface area (Å²) in [4.78, 5) is 14.2. The van der Waals surface area contributed by atoms with Crippen molar-refractivity contribution < 1.29 is 17.7 Å². The maximum atomic E-state index is 12.8. The molecule has 25 heavy (non-hydrogen) atoms. The van der Waals surface area contributed by atoms with Gasteiger partial charge in [-0.3, -0.25) is 4.79 Å². The van der Waals surface area contributed by atoms with E-state index >= 15 is 0 Å². The van der Waals surface area contributed by atoms with Gasteiger partial charge in [-0.15, -0.1) is 12.4 Å². The third kappa shape index (κ3) is 4.33. The summed E-state index contributed by atoms with van der Waals surface area (Å²) in [6.45, 7) is 8.28. The van der Waals surface area contributed by atoms with Crippen LogP contribution in [0.15, 0.2) is 9.42 Å². The highest BCUT2D eigenvalue weighted by atomic mass is 35.5. The highest BCUT2D eigenvalue weighted by Crippen LogP contribution is 2.24. The molecule has 0 aliphatic carbocycles. The maximum Gasteiger partial charge on any atom is 0.248 e. The number of carbonyl (C=O) groups excluding carboxylic acids is 1. The molecule has 2 unspecified atom stereocenters. The number of amides is 1. The summed E-state index contributed by atoms with van der Waals surface area (Å²) in [7, 11) is -3.66. The van der Waals surface area contributed by atoms with Crippen LogP contribution in [-0.4, -0.2) is 60.9 Å². The Kier molecular flexibility index (Phi) is 7.42. The quantitative estimate of drug-likeness (QED) is 0.795. The summed E-state index contributed by atoms with van der Waals surface area (Å²) in [6.07, 6.45) is 0.827. The lowest BCUT2D eigenvalue weighted by Gasteiger charge is -2.35. The largest absolute Gasteiger partial charge is 0.360 e. The maximum absolute atomic E-state index is 12.8. The molecule has 0 spiro atoms. The summed E-state index contributed by atoms with van der Waals surface area (Å²) < 4.78 is 31.8. The van der Waals surface area contributed by atoms with E-state index in [-0.39, 0.29) is 48.0 Å². The number of aromatic nitrogens is 1. The standard InChI is InChI=1S/C15H26N4O4S.ClH/c1-5-10(2)13(16)15(20)18-6-8-19(9-7-18)24(21,22)14-11(3)17-23-12(14)4;/h10,13H,5-9,16H2,1-4H3;1H. The highest BCUT2D eigenvalue weighted by Gasteiger charge is 2.35. The van der Waals surface area contributed by atoms with Crippen molar-refractivity contribution in [3.63, 3.8) is 0 Å². The summed E-state index contributed by atoms with van der Waals surface area (Å²) in [5.74, 6) is 0.269. The molecule has 2 heterocycles. The molecular weight excluding hydrogens is 368 g/mol. The number of nitrogens with zero attached hydrogens (tertiary/aromatic N) is 3. The molecule has 2 rings (SSSR count). The molecule has 1 saturated heterocycles. The summed E-state index contributed by atoms with van der Waals surface area (Å²) in [6, 6.07) is -0.541. The van der Waals surface area contributed by atoms with Crippen molar-refractivity contribution in [1.29, 1.82) is 0 Å². The molecule has 1 aromatic rings. The number of piperazine rings is 1. The van der Waals surface area contributed by atoms with Gasteiger partial charge in [-0.1, -0.05) is 25.4 Å². The molecule has 0 radical (unpaired) electrons. The fourth-order valence-electron chi connectivity index (χ4n) is 2.83. The number of carbonyl (C=O) groups is 1.